The number of hydrogen-bond acceptors (Lipinski definition) is 8. The zero-order valence-electron chi connectivity index (χ0n) is 18.9. The maximum Gasteiger partial charge on any atom is 0.266 e. The number of benzene rings is 1. The van der Waals surface area contributed by atoms with Gasteiger partial charge < -0.3 is 15.0 Å². The number of amides is 1. The Bertz CT molecular complexity index is 1060. The minimum absolute atomic E-state index is 0.224. The summed E-state index contributed by atoms with van der Waals surface area (Å²) in [4.78, 5) is 21.4. The largest absolute Gasteiger partial charge is 0.378 e. The molecule has 3 aromatic rings. The summed E-state index contributed by atoms with van der Waals surface area (Å²) in [5.74, 6) is -0.224. The van der Waals surface area contributed by atoms with E-state index in [-0.39, 0.29) is 5.91 Å². The molecule has 2 N–H and O–H groups in total. The van der Waals surface area contributed by atoms with Crippen molar-refractivity contribution in [3.63, 3.8) is 0 Å². The van der Waals surface area contributed by atoms with Gasteiger partial charge in [0.25, 0.3) is 5.91 Å². The van der Waals surface area contributed by atoms with E-state index in [1.807, 2.05) is 31.4 Å². The lowest BCUT2D eigenvalue weighted by Crippen LogP contribution is -2.36. The lowest BCUT2D eigenvalue weighted by molar-refractivity contribution is -0.114. The number of likely N-dealkylation sites (N-methyl/N-ethyl adjacent to an activating group) is 1. The summed E-state index contributed by atoms with van der Waals surface area (Å²) >= 11 is 2.45. The number of anilines is 2. The van der Waals surface area contributed by atoms with E-state index in [1.54, 1.807) is 25.5 Å². The number of ether oxygens (including phenoxy) is 1. The van der Waals surface area contributed by atoms with Crippen LogP contribution < -0.4 is 9.80 Å². The van der Waals surface area contributed by atoms with E-state index in [2.05, 4.69) is 32.2 Å². The number of H-pyrrole nitrogens is 1. The highest BCUT2D eigenvalue weighted by molar-refractivity contribution is 8.16. The zero-order chi connectivity index (χ0) is 23.6. The number of thioether (sulfide) groups is 1. The molecule has 4 rings (SSSR count). The molecule has 0 radical (unpaired) electrons. The molecule has 0 atom stereocenters. The number of morpholine rings is 1. The summed E-state index contributed by atoms with van der Waals surface area (Å²) in [6.07, 6.45) is 5.11. The number of nitrogens with one attached hydrogen (secondary N) is 2. The van der Waals surface area contributed by atoms with Crippen LogP contribution in [-0.2, 0) is 9.53 Å². The van der Waals surface area contributed by atoms with Gasteiger partial charge in [-0.2, -0.15) is 5.10 Å². The van der Waals surface area contributed by atoms with E-state index >= 15 is 0 Å². The number of carbonyl (C=O) groups is 1. The number of nitrogens with zero attached hydrogens (tertiary/aromatic N) is 4. The Labute approximate surface area is 202 Å². The van der Waals surface area contributed by atoms with E-state index in [4.69, 9.17) is 10.1 Å². The molecule has 0 unspecified atom stereocenters. The standard InChI is InChI=1S/C21H22N6O2S2.C2H6/c1-26(21-23-6-11-30-21)20(28)18(31-14-22)12-16-13-24-25-19(16)15-2-4-17(5-3-15)27-7-9-29-10-8-27;1-2/h2-6,11-14,22H,7-10H2,1H3,(H,24,25);1-2H3/b18-12-,22-14?;. The first kappa shape index (κ1) is 24.7. The van der Waals surface area contributed by atoms with Crippen molar-refractivity contribution in [2.75, 3.05) is 43.2 Å². The van der Waals surface area contributed by atoms with Crippen molar-refractivity contribution in [3.05, 3.63) is 52.5 Å². The molecule has 1 aromatic carbocycles. The van der Waals surface area contributed by atoms with Gasteiger partial charge in [-0.3, -0.25) is 14.8 Å². The first-order valence-corrected chi connectivity index (χ1v) is 12.4. The number of carbonyl (C=O) groups excluding carboxylic acids is 1. The Morgan fingerprint density at radius 1 is 1.27 bits per heavy atom. The van der Waals surface area contributed by atoms with Crippen LogP contribution in [-0.4, -0.2) is 60.0 Å². The topological polar surface area (TPSA) is 98.2 Å². The molecular formula is C23H28N6O2S2. The van der Waals surface area contributed by atoms with Gasteiger partial charge in [-0.05, 0) is 18.2 Å². The van der Waals surface area contributed by atoms with Crippen LogP contribution >= 0.6 is 23.1 Å². The van der Waals surface area contributed by atoms with Gasteiger partial charge in [-0.15, -0.1) is 11.3 Å². The van der Waals surface area contributed by atoms with Crippen LogP contribution in [0.25, 0.3) is 17.3 Å². The Morgan fingerprint density at radius 2 is 2.00 bits per heavy atom. The summed E-state index contributed by atoms with van der Waals surface area (Å²) in [5.41, 5.74) is 4.88. The van der Waals surface area contributed by atoms with Crippen molar-refractivity contribution >= 4 is 51.4 Å². The van der Waals surface area contributed by atoms with E-state index in [0.717, 1.165) is 66.1 Å². The summed E-state index contributed by atoms with van der Waals surface area (Å²) in [6.45, 7) is 7.26. The van der Waals surface area contributed by atoms with Crippen molar-refractivity contribution in [2.24, 2.45) is 0 Å². The second-order valence-electron chi connectivity index (χ2n) is 6.77. The molecule has 1 aliphatic rings. The monoisotopic (exact) mass is 484 g/mol. The van der Waals surface area contributed by atoms with Crippen LogP contribution in [0.1, 0.15) is 19.4 Å². The number of thiazole rings is 1. The van der Waals surface area contributed by atoms with Gasteiger partial charge in [0.05, 0.1) is 35.6 Å². The fourth-order valence-electron chi connectivity index (χ4n) is 3.28. The Balaban J connectivity index is 0.00000149. The average Bonchev–Trinajstić information content (AvgIpc) is 3.57. The van der Waals surface area contributed by atoms with Crippen LogP contribution in [0.5, 0.6) is 0 Å². The van der Waals surface area contributed by atoms with Gasteiger partial charge in [0.2, 0.25) is 0 Å². The highest BCUT2D eigenvalue weighted by atomic mass is 32.2. The minimum atomic E-state index is -0.224. The van der Waals surface area contributed by atoms with Gasteiger partial charge in [0.1, 0.15) is 0 Å². The molecule has 1 aliphatic heterocycles. The first-order valence-electron chi connectivity index (χ1n) is 10.7. The predicted molar refractivity (Wildman–Crippen MR) is 138 cm³/mol. The molecule has 10 heteroatoms. The van der Waals surface area contributed by atoms with E-state index in [1.165, 1.54) is 16.2 Å². The third-order valence-electron chi connectivity index (χ3n) is 4.90. The minimum Gasteiger partial charge on any atom is -0.378 e. The highest BCUT2D eigenvalue weighted by Gasteiger charge is 2.19. The third kappa shape index (κ3) is 6.10. The smallest absolute Gasteiger partial charge is 0.266 e. The van der Waals surface area contributed by atoms with Crippen molar-refractivity contribution in [1.29, 1.82) is 5.41 Å². The molecule has 0 saturated carbocycles. The predicted octanol–water partition coefficient (Wildman–Crippen LogP) is 4.74. The molecule has 174 valence electrons. The van der Waals surface area contributed by atoms with E-state index in [0.29, 0.717) is 10.0 Å². The average molecular weight is 485 g/mol. The lowest BCUT2D eigenvalue weighted by atomic mass is 10.1. The fourth-order valence-corrected chi connectivity index (χ4v) is 4.45. The molecule has 2 aromatic heterocycles. The third-order valence-corrected chi connectivity index (χ3v) is 6.41. The molecule has 1 fully saturated rings. The molecule has 0 aliphatic carbocycles. The number of hydrogen-bond donors (Lipinski definition) is 2. The van der Waals surface area contributed by atoms with Crippen LogP contribution in [0, 0.1) is 5.41 Å². The second kappa shape index (κ2) is 12.3. The Morgan fingerprint density at radius 3 is 2.64 bits per heavy atom. The number of aromatic amines is 1. The zero-order valence-corrected chi connectivity index (χ0v) is 20.6. The number of rotatable bonds is 7. The van der Waals surface area contributed by atoms with Crippen molar-refractivity contribution in [1.82, 2.24) is 15.2 Å². The quantitative estimate of drug-likeness (QED) is 0.286. The van der Waals surface area contributed by atoms with Gasteiger partial charge in [0.15, 0.2) is 5.13 Å². The van der Waals surface area contributed by atoms with Gasteiger partial charge >= 0.3 is 0 Å². The summed E-state index contributed by atoms with van der Waals surface area (Å²) in [7, 11) is 1.68. The van der Waals surface area contributed by atoms with Gasteiger partial charge in [0, 0.05) is 48.5 Å². The summed E-state index contributed by atoms with van der Waals surface area (Å²) in [6, 6.07) is 8.26. The highest BCUT2D eigenvalue weighted by Crippen LogP contribution is 2.29. The Kier molecular flexibility index (Phi) is 9.23. The molecule has 33 heavy (non-hydrogen) atoms. The Hall–Kier alpha value is -2.95. The fraction of sp³-hybridized carbons (Fsp3) is 0.304. The van der Waals surface area contributed by atoms with Gasteiger partial charge in [-0.25, -0.2) is 4.98 Å². The molecule has 1 amide bonds. The maximum absolute atomic E-state index is 13.0. The van der Waals surface area contributed by atoms with Crippen molar-refractivity contribution in [2.45, 2.75) is 13.8 Å². The van der Waals surface area contributed by atoms with Crippen molar-refractivity contribution < 1.29 is 9.53 Å². The molecular weight excluding hydrogens is 456 g/mol. The van der Waals surface area contributed by atoms with E-state index in [9.17, 15) is 4.79 Å². The number of aromatic nitrogens is 3. The molecule has 0 bridgehead atoms. The van der Waals surface area contributed by atoms with E-state index < -0.39 is 0 Å². The van der Waals surface area contributed by atoms with Crippen LogP contribution in [0.4, 0.5) is 10.8 Å². The normalized spacial score (nSPS) is 13.8. The summed E-state index contributed by atoms with van der Waals surface area (Å²) < 4.78 is 5.42. The maximum atomic E-state index is 13.0. The lowest BCUT2D eigenvalue weighted by Gasteiger charge is -2.28. The SMILES string of the molecule is CC.CN(C(=O)/C(=C/c1cn[nH]c1-c1ccc(N2CCOCC2)cc1)SC=N)c1nccs1. The van der Waals surface area contributed by atoms with Crippen LogP contribution in [0.3, 0.4) is 0 Å². The van der Waals surface area contributed by atoms with Crippen LogP contribution in [0.15, 0.2) is 46.9 Å². The second-order valence-corrected chi connectivity index (χ2v) is 8.55. The molecule has 3 heterocycles. The first-order chi connectivity index (χ1) is 16.2. The molecule has 1 saturated heterocycles. The molecule has 0 spiro atoms. The van der Waals surface area contributed by atoms with Crippen molar-refractivity contribution in [3.8, 4) is 11.3 Å². The molecule has 8 nitrogen and oxygen atoms in total. The summed E-state index contributed by atoms with van der Waals surface area (Å²) in [5, 5.41) is 17.1. The van der Waals surface area contributed by atoms with Gasteiger partial charge in [-0.1, -0.05) is 37.7 Å². The van der Waals surface area contributed by atoms with Crippen LogP contribution in [0.2, 0.25) is 0 Å².